The highest BCUT2D eigenvalue weighted by atomic mass is 16.5. The van der Waals surface area contributed by atoms with Crippen LogP contribution < -0.4 is 10.5 Å². The maximum atomic E-state index is 5.55. The van der Waals surface area contributed by atoms with Gasteiger partial charge in [-0.25, -0.2) is 0 Å². The fourth-order valence-electron chi connectivity index (χ4n) is 1.46. The van der Waals surface area contributed by atoms with E-state index in [1.165, 1.54) is 10.8 Å². The first kappa shape index (κ1) is 9.03. The smallest absolute Gasteiger partial charge is 0.144 e. The molecule has 0 saturated heterocycles. The second kappa shape index (κ2) is 3.68. The number of hydrogen-bond donors (Lipinski definition) is 1. The topological polar surface area (TPSA) is 35.2 Å². The zero-order valence-electron chi connectivity index (χ0n) is 8.10. The monoisotopic (exact) mass is 187 g/mol. The van der Waals surface area contributed by atoms with E-state index in [1.54, 1.807) is 0 Å². The first-order chi connectivity index (χ1) is 6.75. The van der Waals surface area contributed by atoms with Crippen LogP contribution in [-0.4, -0.2) is 6.23 Å². The molecule has 2 aromatic rings. The summed E-state index contributed by atoms with van der Waals surface area (Å²) < 4.78 is 5.40. The van der Waals surface area contributed by atoms with E-state index in [-0.39, 0.29) is 6.23 Å². The van der Waals surface area contributed by atoms with Gasteiger partial charge < -0.3 is 4.74 Å². The Morgan fingerprint density at radius 1 is 1.07 bits per heavy atom. The zero-order chi connectivity index (χ0) is 9.97. The molecule has 0 aliphatic rings. The van der Waals surface area contributed by atoms with Gasteiger partial charge in [0, 0.05) is 0 Å². The van der Waals surface area contributed by atoms with Crippen LogP contribution in [0.2, 0.25) is 0 Å². The Bertz CT molecular complexity index is 437. The third-order valence-corrected chi connectivity index (χ3v) is 2.04. The number of fused-ring (bicyclic) bond motifs is 1. The van der Waals surface area contributed by atoms with Crippen LogP contribution in [0.5, 0.6) is 5.75 Å². The molecule has 0 radical (unpaired) electrons. The molecule has 2 nitrogen and oxygen atoms in total. The van der Waals surface area contributed by atoms with E-state index in [0.29, 0.717) is 0 Å². The molecule has 0 spiro atoms. The number of rotatable bonds is 2. The van der Waals surface area contributed by atoms with Gasteiger partial charge in [0.15, 0.2) is 0 Å². The molecule has 1 atom stereocenters. The maximum absolute atomic E-state index is 5.55. The Labute approximate surface area is 83.3 Å². The summed E-state index contributed by atoms with van der Waals surface area (Å²) in [4.78, 5) is 0. The molecule has 0 fully saturated rings. The summed E-state index contributed by atoms with van der Waals surface area (Å²) >= 11 is 0. The van der Waals surface area contributed by atoms with Crippen LogP contribution >= 0.6 is 0 Å². The van der Waals surface area contributed by atoms with Crippen molar-refractivity contribution in [2.75, 3.05) is 0 Å². The van der Waals surface area contributed by atoms with Gasteiger partial charge in [-0.1, -0.05) is 30.3 Å². The summed E-state index contributed by atoms with van der Waals surface area (Å²) in [6.07, 6.45) is -0.267. The van der Waals surface area contributed by atoms with Crippen LogP contribution in [-0.2, 0) is 0 Å². The Morgan fingerprint density at radius 2 is 1.79 bits per heavy atom. The van der Waals surface area contributed by atoms with E-state index in [9.17, 15) is 0 Å². The summed E-state index contributed by atoms with van der Waals surface area (Å²) in [5.41, 5.74) is 5.55. The Morgan fingerprint density at radius 3 is 2.50 bits per heavy atom. The van der Waals surface area contributed by atoms with Crippen LogP contribution in [0.1, 0.15) is 6.92 Å². The number of hydrogen-bond acceptors (Lipinski definition) is 2. The fourth-order valence-corrected chi connectivity index (χ4v) is 1.46. The molecule has 0 heterocycles. The lowest BCUT2D eigenvalue weighted by molar-refractivity contribution is 0.230. The van der Waals surface area contributed by atoms with E-state index in [4.69, 9.17) is 10.5 Å². The predicted molar refractivity (Wildman–Crippen MR) is 58.2 cm³/mol. The van der Waals surface area contributed by atoms with Crippen molar-refractivity contribution in [2.45, 2.75) is 13.2 Å². The largest absolute Gasteiger partial charge is 0.476 e. The van der Waals surface area contributed by atoms with Gasteiger partial charge in [-0.3, -0.25) is 5.73 Å². The van der Waals surface area contributed by atoms with E-state index >= 15 is 0 Å². The molecule has 72 valence electrons. The van der Waals surface area contributed by atoms with Gasteiger partial charge in [-0.05, 0) is 29.8 Å². The van der Waals surface area contributed by atoms with E-state index in [1.807, 2.05) is 37.3 Å². The molecule has 2 heteroatoms. The molecule has 0 aliphatic carbocycles. The summed E-state index contributed by atoms with van der Waals surface area (Å²) in [6.45, 7) is 1.81. The van der Waals surface area contributed by atoms with Gasteiger partial charge >= 0.3 is 0 Å². The fraction of sp³-hybridized carbons (Fsp3) is 0.167. The van der Waals surface area contributed by atoms with Crippen molar-refractivity contribution in [3.05, 3.63) is 42.5 Å². The minimum Gasteiger partial charge on any atom is -0.476 e. The van der Waals surface area contributed by atoms with Crippen LogP contribution in [0.3, 0.4) is 0 Å². The highest BCUT2D eigenvalue weighted by Gasteiger charge is 1.98. The lowest BCUT2D eigenvalue weighted by Gasteiger charge is -2.09. The molecule has 2 rings (SSSR count). The molecule has 14 heavy (non-hydrogen) atoms. The summed E-state index contributed by atoms with van der Waals surface area (Å²) in [7, 11) is 0. The van der Waals surface area contributed by atoms with Crippen LogP contribution in [0.25, 0.3) is 10.8 Å². The van der Waals surface area contributed by atoms with E-state index in [2.05, 4.69) is 12.1 Å². The molecule has 0 saturated carbocycles. The molecule has 0 aromatic heterocycles. The van der Waals surface area contributed by atoms with Crippen molar-refractivity contribution in [3.63, 3.8) is 0 Å². The predicted octanol–water partition coefficient (Wildman–Crippen LogP) is 2.52. The number of ether oxygens (including phenoxy) is 1. The molecule has 2 N–H and O–H groups in total. The van der Waals surface area contributed by atoms with Crippen molar-refractivity contribution in [1.82, 2.24) is 0 Å². The third kappa shape index (κ3) is 1.86. The molecule has 0 amide bonds. The van der Waals surface area contributed by atoms with Gasteiger partial charge in [0.2, 0.25) is 0 Å². The van der Waals surface area contributed by atoms with E-state index < -0.39 is 0 Å². The number of benzene rings is 2. The van der Waals surface area contributed by atoms with Crippen LogP contribution in [0, 0.1) is 0 Å². The standard InChI is InChI=1S/C12H13NO/c1-9(13)14-12-7-6-10-4-2-3-5-11(10)8-12/h2-9H,13H2,1H3. The summed E-state index contributed by atoms with van der Waals surface area (Å²) in [6, 6.07) is 14.1. The molecule has 0 aliphatic heterocycles. The molecular formula is C12H13NO. The summed E-state index contributed by atoms with van der Waals surface area (Å²) in [5, 5.41) is 2.38. The molecule has 0 bridgehead atoms. The third-order valence-electron chi connectivity index (χ3n) is 2.04. The SMILES string of the molecule is CC(N)Oc1ccc2ccccc2c1. The number of nitrogens with two attached hydrogens (primary N) is 1. The van der Waals surface area contributed by atoms with Crippen LogP contribution in [0.15, 0.2) is 42.5 Å². The zero-order valence-corrected chi connectivity index (χ0v) is 8.10. The highest BCUT2D eigenvalue weighted by molar-refractivity contribution is 5.83. The highest BCUT2D eigenvalue weighted by Crippen LogP contribution is 2.20. The maximum Gasteiger partial charge on any atom is 0.144 e. The first-order valence-electron chi connectivity index (χ1n) is 4.67. The van der Waals surface area contributed by atoms with Gasteiger partial charge in [-0.15, -0.1) is 0 Å². The second-order valence-corrected chi connectivity index (χ2v) is 3.33. The average Bonchev–Trinajstić information content (AvgIpc) is 2.17. The lowest BCUT2D eigenvalue weighted by atomic mass is 10.1. The van der Waals surface area contributed by atoms with Gasteiger partial charge in [0.25, 0.3) is 0 Å². The Balaban J connectivity index is 2.41. The first-order valence-corrected chi connectivity index (χ1v) is 4.67. The Hall–Kier alpha value is -1.54. The minimum atomic E-state index is -0.267. The van der Waals surface area contributed by atoms with Gasteiger partial charge in [-0.2, -0.15) is 0 Å². The van der Waals surface area contributed by atoms with Crippen molar-refractivity contribution in [3.8, 4) is 5.75 Å². The van der Waals surface area contributed by atoms with E-state index in [0.717, 1.165) is 5.75 Å². The van der Waals surface area contributed by atoms with Gasteiger partial charge in [0.1, 0.15) is 12.0 Å². The van der Waals surface area contributed by atoms with Crippen LogP contribution in [0.4, 0.5) is 0 Å². The second-order valence-electron chi connectivity index (χ2n) is 3.33. The van der Waals surface area contributed by atoms with Crippen molar-refractivity contribution >= 4 is 10.8 Å². The lowest BCUT2D eigenvalue weighted by Crippen LogP contribution is -2.22. The molecule has 2 aromatic carbocycles. The Kier molecular flexibility index (Phi) is 2.37. The normalized spacial score (nSPS) is 12.7. The molecule has 1 unspecified atom stereocenters. The average molecular weight is 187 g/mol. The summed E-state index contributed by atoms with van der Waals surface area (Å²) in [5.74, 6) is 0.818. The van der Waals surface area contributed by atoms with Crippen molar-refractivity contribution in [1.29, 1.82) is 0 Å². The van der Waals surface area contributed by atoms with Gasteiger partial charge in [0.05, 0.1) is 0 Å². The van der Waals surface area contributed by atoms with Crippen molar-refractivity contribution in [2.24, 2.45) is 5.73 Å². The quantitative estimate of drug-likeness (QED) is 0.733. The minimum absolute atomic E-state index is 0.267. The molecular weight excluding hydrogens is 174 g/mol. The van der Waals surface area contributed by atoms with Crippen molar-refractivity contribution < 1.29 is 4.74 Å².